The second-order valence-electron chi connectivity index (χ2n) is 5.02. The minimum atomic E-state index is -0.395. The Morgan fingerprint density at radius 2 is 1.85 bits per heavy atom. The highest BCUT2D eigenvalue weighted by Crippen LogP contribution is 2.21. The molecule has 0 aliphatic carbocycles. The normalized spacial score (nSPS) is 23.8. The summed E-state index contributed by atoms with van der Waals surface area (Å²) >= 11 is 0. The Morgan fingerprint density at radius 3 is 2.31 bits per heavy atom. The van der Waals surface area contributed by atoms with Crippen molar-refractivity contribution in [2.24, 2.45) is 5.92 Å². The van der Waals surface area contributed by atoms with Gasteiger partial charge in [0.05, 0.1) is 5.60 Å². The monoisotopic (exact) mass is 185 g/mol. The largest absolute Gasteiger partial charge is 0.390 e. The third-order valence-electron chi connectivity index (χ3n) is 2.96. The van der Waals surface area contributed by atoms with Crippen molar-refractivity contribution in [3.05, 3.63) is 0 Å². The summed E-state index contributed by atoms with van der Waals surface area (Å²) in [7, 11) is 0. The average Bonchev–Trinajstić information content (AvgIpc) is 2.02. The zero-order chi connectivity index (χ0) is 9.90. The molecule has 0 spiro atoms. The summed E-state index contributed by atoms with van der Waals surface area (Å²) in [5, 5.41) is 9.74. The quantitative estimate of drug-likeness (QED) is 0.725. The lowest BCUT2D eigenvalue weighted by Gasteiger charge is -2.36. The van der Waals surface area contributed by atoms with Gasteiger partial charge >= 0.3 is 0 Å². The Morgan fingerprint density at radius 1 is 1.31 bits per heavy atom. The van der Waals surface area contributed by atoms with Crippen LogP contribution < -0.4 is 0 Å². The Balaban J connectivity index is 2.18. The van der Waals surface area contributed by atoms with Crippen LogP contribution in [0.5, 0.6) is 0 Å². The molecule has 1 aliphatic heterocycles. The Labute approximate surface area is 81.9 Å². The third-order valence-corrected chi connectivity index (χ3v) is 2.96. The van der Waals surface area contributed by atoms with E-state index in [0.717, 1.165) is 31.8 Å². The first-order chi connectivity index (χ1) is 5.99. The smallest absolute Gasteiger partial charge is 0.0644 e. The van der Waals surface area contributed by atoms with Gasteiger partial charge in [0, 0.05) is 13.1 Å². The maximum atomic E-state index is 9.74. The van der Waals surface area contributed by atoms with Crippen LogP contribution >= 0.6 is 0 Å². The highest BCUT2D eigenvalue weighted by atomic mass is 16.3. The second kappa shape index (κ2) is 4.43. The van der Waals surface area contributed by atoms with Gasteiger partial charge < -0.3 is 10.0 Å². The molecule has 1 heterocycles. The molecule has 0 aromatic rings. The van der Waals surface area contributed by atoms with Gasteiger partial charge in [-0.15, -0.1) is 0 Å². The molecule has 0 aromatic heterocycles. The molecule has 1 aliphatic rings. The molecule has 0 atom stereocenters. The van der Waals surface area contributed by atoms with Crippen LogP contribution in [0.25, 0.3) is 0 Å². The first-order valence-corrected chi connectivity index (χ1v) is 5.44. The first-order valence-electron chi connectivity index (χ1n) is 5.44. The topological polar surface area (TPSA) is 23.5 Å². The van der Waals surface area contributed by atoms with Gasteiger partial charge in [0.2, 0.25) is 0 Å². The van der Waals surface area contributed by atoms with Gasteiger partial charge in [-0.05, 0) is 38.6 Å². The molecule has 2 heteroatoms. The van der Waals surface area contributed by atoms with E-state index in [1.54, 1.807) is 0 Å². The number of hydrogen-bond donors (Lipinski definition) is 1. The fourth-order valence-electron chi connectivity index (χ4n) is 1.70. The summed E-state index contributed by atoms with van der Waals surface area (Å²) in [6, 6.07) is 0. The summed E-state index contributed by atoms with van der Waals surface area (Å²) in [6.45, 7) is 9.82. The van der Waals surface area contributed by atoms with Crippen molar-refractivity contribution in [2.45, 2.75) is 45.6 Å². The van der Waals surface area contributed by atoms with Gasteiger partial charge in [-0.1, -0.05) is 13.8 Å². The molecule has 2 nitrogen and oxygen atoms in total. The first kappa shape index (κ1) is 11.0. The third kappa shape index (κ3) is 4.10. The van der Waals surface area contributed by atoms with E-state index in [1.807, 2.05) is 6.92 Å². The lowest BCUT2D eigenvalue weighted by Crippen LogP contribution is -2.42. The maximum absolute atomic E-state index is 9.74. The van der Waals surface area contributed by atoms with Gasteiger partial charge in [-0.3, -0.25) is 0 Å². The van der Waals surface area contributed by atoms with E-state index in [9.17, 15) is 5.11 Å². The Hall–Kier alpha value is -0.0800. The van der Waals surface area contributed by atoms with Crippen molar-refractivity contribution in [1.29, 1.82) is 0 Å². The fourth-order valence-corrected chi connectivity index (χ4v) is 1.70. The van der Waals surface area contributed by atoms with Gasteiger partial charge in [-0.25, -0.2) is 0 Å². The standard InChI is InChI=1S/C11H23NO/c1-10(2)4-7-12-8-5-11(3,13)6-9-12/h10,13H,4-9H2,1-3H3. The molecule has 1 saturated heterocycles. The van der Waals surface area contributed by atoms with Crippen LogP contribution in [0.15, 0.2) is 0 Å². The van der Waals surface area contributed by atoms with Crippen molar-refractivity contribution < 1.29 is 5.11 Å². The minimum Gasteiger partial charge on any atom is -0.390 e. The van der Waals surface area contributed by atoms with Crippen molar-refractivity contribution >= 4 is 0 Å². The fraction of sp³-hybridized carbons (Fsp3) is 1.00. The van der Waals surface area contributed by atoms with Crippen LogP contribution in [0, 0.1) is 5.92 Å². The van der Waals surface area contributed by atoms with E-state index in [0.29, 0.717) is 0 Å². The van der Waals surface area contributed by atoms with E-state index in [1.165, 1.54) is 13.0 Å². The van der Waals surface area contributed by atoms with E-state index in [-0.39, 0.29) is 0 Å². The number of rotatable bonds is 3. The van der Waals surface area contributed by atoms with Gasteiger partial charge in [0.15, 0.2) is 0 Å². The zero-order valence-corrected chi connectivity index (χ0v) is 9.21. The molecule has 0 saturated carbocycles. The van der Waals surface area contributed by atoms with Gasteiger partial charge in [-0.2, -0.15) is 0 Å². The summed E-state index contributed by atoms with van der Waals surface area (Å²) in [6.07, 6.45) is 3.15. The highest BCUT2D eigenvalue weighted by molar-refractivity contribution is 4.81. The van der Waals surface area contributed by atoms with Crippen molar-refractivity contribution in [3.63, 3.8) is 0 Å². The number of hydrogen-bond acceptors (Lipinski definition) is 2. The molecule has 0 unspecified atom stereocenters. The van der Waals surface area contributed by atoms with Crippen molar-refractivity contribution in [3.8, 4) is 0 Å². The predicted octanol–water partition coefficient (Wildman–Crippen LogP) is 1.88. The van der Waals surface area contributed by atoms with Gasteiger partial charge in [0.1, 0.15) is 0 Å². The van der Waals surface area contributed by atoms with Crippen LogP contribution in [-0.2, 0) is 0 Å². The maximum Gasteiger partial charge on any atom is 0.0644 e. The van der Waals surface area contributed by atoms with Crippen molar-refractivity contribution in [2.75, 3.05) is 19.6 Å². The molecule has 1 rings (SSSR count). The summed E-state index contributed by atoms with van der Waals surface area (Å²) in [5.41, 5.74) is -0.395. The molecule has 1 fully saturated rings. The minimum absolute atomic E-state index is 0.395. The molecule has 78 valence electrons. The molecule has 0 amide bonds. The molecule has 0 aromatic carbocycles. The van der Waals surface area contributed by atoms with Crippen LogP contribution in [0.2, 0.25) is 0 Å². The molecule has 0 radical (unpaired) electrons. The zero-order valence-electron chi connectivity index (χ0n) is 9.21. The SMILES string of the molecule is CC(C)CCN1CCC(C)(O)CC1. The molecular weight excluding hydrogens is 162 g/mol. The van der Waals surface area contributed by atoms with Crippen LogP contribution in [0.3, 0.4) is 0 Å². The number of likely N-dealkylation sites (tertiary alicyclic amines) is 1. The summed E-state index contributed by atoms with van der Waals surface area (Å²) < 4.78 is 0. The summed E-state index contributed by atoms with van der Waals surface area (Å²) in [5.74, 6) is 0.794. The van der Waals surface area contributed by atoms with E-state index in [2.05, 4.69) is 18.7 Å². The number of nitrogens with zero attached hydrogens (tertiary/aromatic N) is 1. The average molecular weight is 185 g/mol. The number of piperidine rings is 1. The Kier molecular flexibility index (Phi) is 3.74. The van der Waals surface area contributed by atoms with Crippen LogP contribution in [0.1, 0.15) is 40.0 Å². The van der Waals surface area contributed by atoms with Crippen LogP contribution in [0.4, 0.5) is 0 Å². The molecule has 1 N–H and O–H groups in total. The second-order valence-corrected chi connectivity index (χ2v) is 5.02. The number of aliphatic hydroxyl groups is 1. The summed E-state index contributed by atoms with van der Waals surface area (Å²) in [4.78, 5) is 2.47. The molecule has 13 heavy (non-hydrogen) atoms. The van der Waals surface area contributed by atoms with E-state index in [4.69, 9.17) is 0 Å². The Bertz CT molecular complexity index is 141. The lowest BCUT2D eigenvalue weighted by atomic mass is 9.93. The van der Waals surface area contributed by atoms with Crippen molar-refractivity contribution in [1.82, 2.24) is 4.90 Å². The highest BCUT2D eigenvalue weighted by Gasteiger charge is 2.26. The van der Waals surface area contributed by atoms with E-state index < -0.39 is 5.60 Å². The molecular formula is C11H23NO. The predicted molar refractivity (Wildman–Crippen MR) is 55.8 cm³/mol. The van der Waals surface area contributed by atoms with E-state index >= 15 is 0 Å². The van der Waals surface area contributed by atoms with Crippen LogP contribution in [-0.4, -0.2) is 35.2 Å². The molecule has 0 bridgehead atoms. The lowest BCUT2D eigenvalue weighted by molar-refractivity contribution is -0.00604. The van der Waals surface area contributed by atoms with Gasteiger partial charge in [0.25, 0.3) is 0 Å².